The predicted molar refractivity (Wildman–Crippen MR) is 51.3 cm³/mol. The van der Waals surface area contributed by atoms with Crippen LogP contribution in [0.25, 0.3) is 0 Å². The van der Waals surface area contributed by atoms with Crippen LogP contribution in [0.2, 0.25) is 0 Å². The third kappa shape index (κ3) is 3.71. The molecule has 2 nitrogen and oxygen atoms in total. The zero-order chi connectivity index (χ0) is 7.94. The average molecular weight is 173 g/mol. The first kappa shape index (κ1) is 8.99. The second-order valence-corrected chi connectivity index (χ2v) is 3.30. The molecule has 1 atom stereocenters. The van der Waals surface area contributed by atoms with Crippen LogP contribution >= 0.6 is 9.24 Å². The molecule has 11 heavy (non-hydrogen) atoms. The molecule has 0 amide bonds. The van der Waals surface area contributed by atoms with Gasteiger partial charge in [0.2, 0.25) is 0 Å². The number of hydrogen-bond acceptors (Lipinski definition) is 2. The third-order valence-electron chi connectivity index (χ3n) is 1.74. The SMILES string of the molecule is PCCCCCC1=NCCO1. The number of ether oxygens (including phenoxy) is 1. The first-order chi connectivity index (χ1) is 5.43. The van der Waals surface area contributed by atoms with Gasteiger partial charge in [-0.25, -0.2) is 0 Å². The molecular formula is C8H16NOP. The van der Waals surface area contributed by atoms with Crippen LogP contribution in [0.1, 0.15) is 25.7 Å². The van der Waals surface area contributed by atoms with Crippen LogP contribution in [0.15, 0.2) is 4.99 Å². The Labute approximate surface area is 70.6 Å². The van der Waals surface area contributed by atoms with Crippen LogP contribution in [-0.2, 0) is 4.74 Å². The Morgan fingerprint density at radius 3 is 2.91 bits per heavy atom. The topological polar surface area (TPSA) is 21.6 Å². The summed E-state index contributed by atoms with van der Waals surface area (Å²) in [7, 11) is 2.75. The van der Waals surface area contributed by atoms with Gasteiger partial charge in [-0.05, 0) is 19.0 Å². The fourth-order valence-electron chi connectivity index (χ4n) is 1.13. The van der Waals surface area contributed by atoms with Gasteiger partial charge in [0.05, 0.1) is 6.54 Å². The van der Waals surface area contributed by atoms with Gasteiger partial charge >= 0.3 is 0 Å². The Balaban J connectivity index is 1.94. The van der Waals surface area contributed by atoms with Gasteiger partial charge in [0, 0.05) is 6.42 Å². The van der Waals surface area contributed by atoms with Crippen LogP contribution < -0.4 is 0 Å². The third-order valence-corrected chi connectivity index (χ3v) is 2.15. The van der Waals surface area contributed by atoms with Crippen molar-refractivity contribution in [2.45, 2.75) is 25.7 Å². The number of hydrogen-bond donors (Lipinski definition) is 0. The number of rotatable bonds is 5. The second-order valence-electron chi connectivity index (χ2n) is 2.72. The van der Waals surface area contributed by atoms with Crippen molar-refractivity contribution in [3.05, 3.63) is 0 Å². The van der Waals surface area contributed by atoms with E-state index in [0.29, 0.717) is 0 Å². The fraction of sp³-hybridized carbons (Fsp3) is 0.875. The Bertz CT molecular complexity index is 136. The van der Waals surface area contributed by atoms with Crippen LogP contribution in [0.4, 0.5) is 0 Å². The normalized spacial score (nSPS) is 16.3. The maximum Gasteiger partial charge on any atom is 0.183 e. The van der Waals surface area contributed by atoms with Crippen LogP contribution in [-0.4, -0.2) is 25.2 Å². The van der Waals surface area contributed by atoms with E-state index in [4.69, 9.17) is 4.74 Å². The molecule has 0 N–H and O–H groups in total. The van der Waals surface area contributed by atoms with E-state index in [2.05, 4.69) is 14.2 Å². The quantitative estimate of drug-likeness (QED) is 0.459. The molecule has 3 heteroatoms. The summed E-state index contributed by atoms with van der Waals surface area (Å²) < 4.78 is 5.28. The van der Waals surface area contributed by atoms with E-state index in [1.165, 1.54) is 25.4 Å². The minimum atomic E-state index is 0.805. The Morgan fingerprint density at radius 1 is 1.36 bits per heavy atom. The Morgan fingerprint density at radius 2 is 2.27 bits per heavy atom. The molecule has 1 heterocycles. The van der Waals surface area contributed by atoms with Crippen molar-refractivity contribution < 1.29 is 4.74 Å². The van der Waals surface area contributed by atoms with E-state index in [9.17, 15) is 0 Å². The van der Waals surface area contributed by atoms with Gasteiger partial charge in [-0.3, -0.25) is 4.99 Å². The molecule has 1 aliphatic rings. The van der Waals surface area contributed by atoms with E-state index in [0.717, 1.165) is 25.5 Å². The molecule has 0 spiro atoms. The number of nitrogens with zero attached hydrogens (tertiary/aromatic N) is 1. The lowest BCUT2D eigenvalue weighted by molar-refractivity contribution is 0.336. The highest BCUT2D eigenvalue weighted by atomic mass is 31.0. The van der Waals surface area contributed by atoms with Crippen molar-refractivity contribution >= 4 is 15.1 Å². The minimum absolute atomic E-state index is 0.805. The molecule has 1 unspecified atom stereocenters. The molecule has 0 radical (unpaired) electrons. The molecule has 64 valence electrons. The van der Waals surface area contributed by atoms with E-state index in [-0.39, 0.29) is 0 Å². The van der Waals surface area contributed by atoms with Crippen molar-refractivity contribution in [1.29, 1.82) is 0 Å². The van der Waals surface area contributed by atoms with Gasteiger partial charge in [0.25, 0.3) is 0 Å². The maximum atomic E-state index is 5.28. The van der Waals surface area contributed by atoms with Gasteiger partial charge in [0.15, 0.2) is 5.90 Å². The molecule has 0 fully saturated rings. The molecule has 0 aliphatic carbocycles. The van der Waals surface area contributed by atoms with E-state index >= 15 is 0 Å². The van der Waals surface area contributed by atoms with Crippen molar-refractivity contribution in [1.82, 2.24) is 0 Å². The molecule has 0 saturated carbocycles. The largest absolute Gasteiger partial charge is 0.479 e. The molecule has 1 rings (SSSR count). The smallest absolute Gasteiger partial charge is 0.183 e. The number of aliphatic imine (C=N–C) groups is 1. The van der Waals surface area contributed by atoms with Crippen molar-refractivity contribution in [2.75, 3.05) is 19.3 Å². The van der Waals surface area contributed by atoms with Crippen molar-refractivity contribution in [3.63, 3.8) is 0 Å². The van der Waals surface area contributed by atoms with Gasteiger partial charge in [-0.1, -0.05) is 6.42 Å². The van der Waals surface area contributed by atoms with Crippen LogP contribution in [0.3, 0.4) is 0 Å². The lowest BCUT2D eigenvalue weighted by atomic mass is 10.2. The van der Waals surface area contributed by atoms with Crippen LogP contribution in [0.5, 0.6) is 0 Å². The monoisotopic (exact) mass is 173 g/mol. The highest BCUT2D eigenvalue weighted by molar-refractivity contribution is 7.16. The summed E-state index contributed by atoms with van der Waals surface area (Å²) in [5.74, 6) is 0.980. The summed E-state index contributed by atoms with van der Waals surface area (Å²) in [4.78, 5) is 4.22. The summed E-state index contributed by atoms with van der Waals surface area (Å²) >= 11 is 0. The molecule has 0 saturated heterocycles. The standard InChI is InChI=1S/C8H16NOP/c11-7-3-1-2-4-8-9-5-6-10-8/h1-7,11H2. The summed E-state index contributed by atoms with van der Waals surface area (Å²) in [6.07, 6.45) is 6.09. The van der Waals surface area contributed by atoms with Gasteiger partial charge < -0.3 is 4.74 Å². The van der Waals surface area contributed by atoms with E-state index in [1.54, 1.807) is 0 Å². The maximum absolute atomic E-state index is 5.28. The van der Waals surface area contributed by atoms with Gasteiger partial charge in [0.1, 0.15) is 6.61 Å². The lowest BCUT2D eigenvalue weighted by Gasteiger charge is -1.99. The first-order valence-corrected chi connectivity index (χ1v) is 5.11. The van der Waals surface area contributed by atoms with Crippen LogP contribution in [0, 0.1) is 0 Å². The summed E-state index contributed by atoms with van der Waals surface area (Å²) in [5, 5.41) is 0. The highest BCUT2D eigenvalue weighted by Gasteiger charge is 2.05. The first-order valence-electron chi connectivity index (χ1n) is 4.29. The number of unbranched alkanes of at least 4 members (excludes halogenated alkanes) is 2. The molecule has 0 aromatic heterocycles. The van der Waals surface area contributed by atoms with Gasteiger partial charge in [-0.15, -0.1) is 9.24 Å². The Kier molecular flexibility index (Phi) is 4.53. The zero-order valence-corrected chi connectivity index (χ0v) is 8.04. The molecule has 0 aromatic rings. The summed E-state index contributed by atoms with van der Waals surface area (Å²) in [5.41, 5.74) is 0. The van der Waals surface area contributed by atoms with E-state index < -0.39 is 0 Å². The Hall–Kier alpha value is -0.100. The van der Waals surface area contributed by atoms with Gasteiger partial charge in [-0.2, -0.15) is 0 Å². The fourth-order valence-corrected chi connectivity index (χ4v) is 1.42. The molecule has 0 aromatic carbocycles. The average Bonchev–Trinajstić information content (AvgIpc) is 2.50. The van der Waals surface area contributed by atoms with E-state index in [1.807, 2.05) is 0 Å². The van der Waals surface area contributed by atoms with Crippen molar-refractivity contribution in [2.24, 2.45) is 4.99 Å². The lowest BCUT2D eigenvalue weighted by Crippen LogP contribution is -1.98. The second kappa shape index (κ2) is 5.54. The predicted octanol–water partition coefficient (Wildman–Crippen LogP) is 1.85. The molecule has 0 bridgehead atoms. The molecular weight excluding hydrogens is 157 g/mol. The van der Waals surface area contributed by atoms with Crippen molar-refractivity contribution in [3.8, 4) is 0 Å². The highest BCUT2D eigenvalue weighted by Crippen LogP contribution is 2.06. The summed E-state index contributed by atoms with van der Waals surface area (Å²) in [6, 6.07) is 0. The minimum Gasteiger partial charge on any atom is -0.479 e. The zero-order valence-electron chi connectivity index (χ0n) is 6.88. The molecule has 1 aliphatic heterocycles. The summed E-state index contributed by atoms with van der Waals surface area (Å²) in [6.45, 7) is 1.68.